The molecule has 5 rings (SSSR count). The summed E-state index contributed by atoms with van der Waals surface area (Å²) in [5, 5.41) is 16.8. The van der Waals surface area contributed by atoms with Gasteiger partial charge in [-0.3, -0.25) is 19.7 Å². The number of phenols is 1. The SMILES string of the molecule is COc1cc(C(N)=O)cc2nc(N)n(C/C=C/Cn3c(NC(=O)c4ccno4)nc4cc(C(N)=O)cc(O)c43)c12. The summed E-state index contributed by atoms with van der Waals surface area (Å²) in [5.41, 5.74) is 18.7. The third-order valence-electron chi connectivity index (χ3n) is 6.08. The molecule has 0 saturated heterocycles. The summed E-state index contributed by atoms with van der Waals surface area (Å²) in [7, 11) is 1.46. The van der Waals surface area contributed by atoms with Crippen molar-refractivity contribution in [2.45, 2.75) is 13.1 Å². The lowest BCUT2D eigenvalue weighted by atomic mass is 10.1. The van der Waals surface area contributed by atoms with Gasteiger partial charge in [0.15, 0.2) is 0 Å². The quantitative estimate of drug-likeness (QED) is 0.167. The van der Waals surface area contributed by atoms with E-state index in [4.69, 9.17) is 26.5 Å². The zero-order valence-corrected chi connectivity index (χ0v) is 21.0. The van der Waals surface area contributed by atoms with Crippen molar-refractivity contribution in [1.29, 1.82) is 0 Å². The van der Waals surface area contributed by atoms with Crippen LogP contribution in [0.15, 0.2) is 53.2 Å². The Labute approximate surface area is 224 Å². The second-order valence-electron chi connectivity index (χ2n) is 8.57. The summed E-state index contributed by atoms with van der Waals surface area (Å²) < 4.78 is 13.6. The number of hydrogen-bond acceptors (Lipinski definition) is 10. The van der Waals surface area contributed by atoms with Gasteiger partial charge in [0, 0.05) is 30.3 Å². The Morgan fingerprint density at radius 3 is 2.27 bits per heavy atom. The molecule has 40 heavy (non-hydrogen) atoms. The zero-order chi connectivity index (χ0) is 28.6. The largest absolute Gasteiger partial charge is 0.506 e. The predicted molar refractivity (Wildman–Crippen MR) is 143 cm³/mol. The van der Waals surface area contributed by atoms with Crippen LogP contribution in [-0.2, 0) is 13.1 Å². The number of fused-ring (bicyclic) bond motifs is 2. The molecule has 3 amide bonds. The van der Waals surface area contributed by atoms with Crippen molar-refractivity contribution in [1.82, 2.24) is 24.3 Å². The molecule has 3 heterocycles. The standard InChI is InChI=1S/C25H23N9O6/c1-39-18-11-13(22(27)37)9-15-20(18)33(24(28)30-15)6-2-3-7-34-19-14(8-12(21(26)36)10-16(19)35)31-25(34)32-23(38)17-4-5-29-40-17/h2-5,8-11,35H,6-7H2,1H3,(H2,26,36)(H2,27,37)(H2,28,30)(H,31,32,38)/b3-2+. The summed E-state index contributed by atoms with van der Waals surface area (Å²) in [6, 6.07) is 7.05. The fraction of sp³-hybridized carbons (Fsp3) is 0.120. The van der Waals surface area contributed by atoms with E-state index in [0.717, 1.165) is 0 Å². The number of carbonyl (C=O) groups is 3. The predicted octanol–water partition coefficient (Wildman–Crippen LogP) is 1.38. The first-order valence-electron chi connectivity index (χ1n) is 11.7. The van der Waals surface area contributed by atoms with E-state index in [0.29, 0.717) is 16.8 Å². The summed E-state index contributed by atoms with van der Waals surface area (Å²) >= 11 is 0. The highest BCUT2D eigenvalue weighted by molar-refractivity contribution is 6.03. The second-order valence-corrected chi connectivity index (χ2v) is 8.57. The maximum absolute atomic E-state index is 12.6. The summed E-state index contributed by atoms with van der Waals surface area (Å²) in [6.45, 7) is 0.403. The molecular weight excluding hydrogens is 522 g/mol. The van der Waals surface area contributed by atoms with Gasteiger partial charge in [-0.1, -0.05) is 17.3 Å². The van der Waals surface area contributed by atoms with Crippen LogP contribution < -0.4 is 27.3 Å². The first-order chi connectivity index (χ1) is 19.2. The summed E-state index contributed by atoms with van der Waals surface area (Å²) in [4.78, 5) is 44.7. The van der Waals surface area contributed by atoms with E-state index < -0.39 is 17.7 Å². The zero-order valence-electron chi connectivity index (χ0n) is 21.0. The highest BCUT2D eigenvalue weighted by Gasteiger charge is 2.20. The van der Waals surface area contributed by atoms with Crippen molar-refractivity contribution >= 4 is 51.7 Å². The Hall–Kier alpha value is -5.86. The Kier molecular flexibility index (Phi) is 6.53. The van der Waals surface area contributed by atoms with E-state index >= 15 is 0 Å². The second kappa shape index (κ2) is 10.1. The van der Waals surface area contributed by atoms with Crippen LogP contribution in [0.4, 0.5) is 11.9 Å². The highest BCUT2D eigenvalue weighted by atomic mass is 16.5. The number of anilines is 2. The topological polar surface area (TPSA) is 232 Å². The fourth-order valence-electron chi connectivity index (χ4n) is 4.25. The maximum atomic E-state index is 12.6. The molecule has 8 N–H and O–H groups in total. The number of allylic oxidation sites excluding steroid dienone is 2. The molecule has 0 aliphatic rings. The average Bonchev–Trinajstić information content (AvgIpc) is 3.64. The van der Waals surface area contributed by atoms with Crippen LogP contribution in [0.2, 0.25) is 0 Å². The molecule has 5 aromatic rings. The molecule has 0 saturated carbocycles. The minimum Gasteiger partial charge on any atom is -0.506 e. The van der Waals surface area contributed by atoms with E-state index in [1.54, 1.807) is 16.7 Å². The number of primary amides is 2. The first kappa shape index (κ1) is 25.8. The molecule has 3 aromatic heterocycles. The van der Waals surface area contributed by atoms with Gasteiger partial charge in [0.1, 0.15) is 22.5 Å². The molecule has 0 spiro atoms. The van der Waals surface area contributed by atoms with Crippen molar-refractivity contribution in [2.75, 3.05) is 18.2 Å². The van der Waals surface area contributed by atoms with Gasteiger partial charge in [-0.2, -0.15) is 0 Å². The molecule has 0 unspecified atom stereocenters. The number of methoxy groups -OCH3 is 1. The number of rotatable bonds is 9. The van der Waals surface area contributed by atoms with Crippen LogP contribution in [0.1, 0.15) is 31.3 Å². The van der Waals surface area contributed by atoms with Gasteiger partial charge in [-0.25, -0.2) is 9.97 Å². The first-order valence-corrected chi connectivity index (χ1v) is 11.7. The van der Waals surface area contributed by atoms with E-state index in [1.165, 1.54) is 48.2 Å². The number of carbonyl (C=O) groups excluding carboxylic acids is 3. The third-order valence-corrected chi connectivity index (χ3v) is 6.08. The van der Waals surface area contributed by atoms with Crippen LogP contribution >= 0.6 is 0 Å². The number of aromatic nitrogens is 5. The molecular formula is C25H23N9O6. The van der Waals surface area contributed by atoms with Gasteiger partial charge in [0.2, 0.25) is 29.5 Å². The maximum Gasteiger partial charge on any atom is 0.296 e. The van der Waals surface area contributed by atoms with Crippen LogP contribution in [0.5, 0.6) is 11.5 Å². The highest BCUT2D eigenvalue weighted by Crippen LogP contribution is 2.31. The fourth-order valence-corrected chi connectivity index (χ4v) is 4.25. The van der Waals surface area contributed by atoms with Gasteiger partial charge < -0.3 is 40.7 Å². The molecule has 15 nitrogen and oxygen atoms in total. The van der Waals surface area contributed by atoms with Crippen LogP contribution in [0, 0.1) is 0 Å². The minimum atomic E-state index is -0.748. The lowest BCUT2D eigenvalue weighted by Gasteiger charge is -2.09. The molecule has 0 atom stereocenters. The molecule has 0 aliphatic heterocycles. The third kappa shape index (κ3) is 4.62. The minimum absolute atomic E-state index is 0.0490. The number of amides is 3. The Balaban J connectivity index is 1.48. The van der Waals surface area contributed by atoms with E-state index in [1.807, 2.05) is 0 Å². The van der Waals surface area contributed by atoms with Crippen molar-refractivity contribution in [3.05, 3.63) is 65.6 Å². The van der Waals surface area contributed by atoms with Gasteiger partial charge in [0.25, 0.3) is 5.91 Å². The van der Waals surface area contributed by atoms with Crippen molar-refractivity contribution in [3.8, 4) is 11.5 Å². The smallest absolute Gasteiger partial charge is 0.296 e. The number of nitrogen functional groups attached to an aromatic ring is 1. The number of hydrogen-bond donors (Lipinski definition) is 5. The number of imidazole rings is 2. The van der Waals surface area contributed by atoms with Crippen molar-refractivity contribution in [3.63, 3.8) is 0 Å². The number of nitrogens with one attached hydrogen (secondary N) is 1. The lowest BCUT2D eigenvalue weighted by molar-refractivity contribution is 0.0982. The number of nitrogens with zero attached hydrogens (tertiary/aromatic N) is 5. The monoisotopic (exact) mass is 545 g/mol. The Morgan fingerprint density at radius 1 is 1.00 bits per heavy atom. The van der Waals surface area contributed by atoms with Crippen molar-refractivity contribution in [2.24, 2.45) is 11.5 Å². The molecule has 0 fully saturated rings. The van der Waals surface area contributed by atoms with Crippen LogP contribution in [-0.4, -0.2) is 54.2 Å². The number of benzene rings is 2. The number of aromatic hydroxyl groups is 1. The molecule has 0 bridgehead atoms. The van der Waals surface area contributed by atoms with Gasteiger partial charge in [0.05, 0.1) is 24.3 Å². The molecule has 15 heteroatoms. The van der Waals surface area contributed by atoms with Gasteiger partial charge in [-0.05, 0) is 24.3 Å². The molecule has 204 valence electrons. The van der Waals surface area contributed by atoms with E-state index in [2.05, 4.69) is 20.4 Å². The molecule has 0 aliphatic carbocycles. The molecule has 0 radical (unpaired) electrons. The van der Waals surface area contributed by atoms with Crippen LogP contribution in [0.3, 0.4) is 0 Å². The lowest BCUT2D eigenvalue weighted by Crippen LogP contribution is -2.15. The number of phenolic OH excluding ortho intramolecular Hbond substituents is 1. The Bertz CT molecular complexity index is 1820. The average molecular weight is 546 g/mol. The summed E-state index contributed by atoms with van der Waals surface area (Å²) in [6.07, 6.45) is 4.85. The number of ether oxygens (including phenoxy) is 1. The van der Waals surface area contributed by atoms with Crippen LogP contribution in [0.25, 0.3) is 22.1 Å². The summed E-state index contributed by atoms with van der Waals surface area (Å²) in [5.74, 6) is -1.67. The molecule has 2 aromatic carbocycles. The normalized spacial score (nSPS) is 11.4. The van der Waals surface area contributed by atoms with Gasteiger partial charge >= 0.3 is 0 Å². The number of nitrogens with two attached hydrogens (primary N) is 3. The van der Waals surface area contributed by atoms with E-state index in [9.17, 15) is 19.5 Å². The van der Waals surface area contributed by atoms with E-state index in [-0.39, 0.29) is 58.7 Å². The van der Waals surface area contributed by atoms with Gasteiger partial charge in [-0.15, -0.1) is 0 Å². The Morgan fingerprint density at radius 2 is 1.65 bits per heavy atom. The van der Waals surface area contributed by atoms with Crippen molar-refractivity contribution < 1.29 is 28.8 Å².